The third-order valence-corrected chi connectivity index (χ3v) is 4.95. The van der Waals surface area contributed by atoms with Crippen LogP contribution in [0.5, 0.6) is 0 Å². The second-order valence-corrected chi connectivity index (χ2v) is 6.60. The van der Waals surface area contributed by atoms with Crippen molar-refractivity contribution in [2.75, 3.05) is 4.90 Å². The second-order valence-electron chi connectivity index (χ2n) is 5.33. The maximum absolute atomic E-state index is 6.07. The average Bonchev–Trinajstić information content (AvgIpc) is 2.37. The summed E-state index contributed by atoms with van der Waals surface area (Å²) in [6, 6.07) is 6.74. The summed E-state index contributed by atoms with van der Waals surface area (Å²) >= 11 is 7.60. The van der Waals surface area contributed by atoms with E-state index in [9.17, 15) is 0 Å². The number of halogens is 1. The van der Waals surface area contributed by atoms with E-state index in [1.54, 1.807) is 0 Å². The van der Waals surface area contributed by atoms with Crippen LogP contribution in [0.4, 0.5) is 5.69 Å². The number of hydrogen-bond donors (Lipinski definition) is 0. The summed E-state index contributed by atoms with van der Waals surface area (Å²) < 4.78 is 4.43. The van der Waals surface area contributed by atoms with Gasteiger partial charge in [-0.1, -0.05) is 43.7 Å². The van der Waals surface area contributed by atoms with Gasteiger partial charge in [0.15, 0.2) is 0 Å². The maximum atomic E-state index is 6.07. The van der Waals surface area contributed by atoms with Gasteiger partial charge in [-0.2, -0.15) is 0 Å². The molecule has 0 spiro atoms. The summed E-state index contributed by atoms with van der Waals surface area (Å²) in [6.07, 6.45) is 11.4. The maximum Gasteiger partial charge on any atom is 0.104 e. The largest absolute Gasteiger partial charge is 0.328 e. The molecule has 2 nitrogen and oxygen atoms in total. The number of fused-ring (bicyclic) bond motifs is 1. The molecule has 1 aliphatic carbocycles. The molecule has 1 saturated carbocycles. The van der Waals surface area contributed by atoms with Gasteiger partial charge in [-0.15, -0.1) is 0 Å². The summed E-state index contributed by atoms with van der Waals surface area (Å²) in [5, 5.41) is 0.793. The molecule has 0 atom stereocenters. The molecule has 0 N–H and O–H groups in total. The quantitative estimate of drug-likeness (QED) is 0.652. The Morgan fingerprint density at radius 2 is 1.84 bits per heavy atom. The van der Waals surface area contributed by atoms with Crippen LogP contribution in [0, 0.1) is 0 Å². The minimum atomic E-state index is 0.602. The highest BCUT2D eigenvalue weighted by Gasteiger charge is 2.23. The van der Waals surface area contributed by atoms with Gasteiger partial charge in [0.25, 0.3) is 0 Å². The van der Waals surface area contributed by atoms with E-state index in [0.29, 0.717) is 6.04 Å². The lowest BCUT2D eigenvalue weighted by atomic mass is 9.95. The molecule has 1 aromatic rings. The SMILES string of the molecule is Clc1ccc2c(c1)SN=CN2C1CCCCCCC1. The van der Waals surface area contributed by atoms with Crippen LogP contribution in [0.15, 0.2) is 27.5 Å². The van der Waals surface area contributed by atoms with E-state index in [2.05, 4.69) is 15.4 Å². The van der Waals surface area contributed by atoms with E-state index in [0.717, 1.165) is 5.02 Å². The Bertz CT molecular complexity index is 467. The molecule has 0 amide bonds. The molecular formula is C15H19ClN2S. The monoisotopic (exact) mass is 294 g/mol. The average molecular weight is 295 g/mol. The predicted molar refractivity (Wildman–Crippen MR) is 84.4 cm³/mol. The van der Waals surface area contributed by atoms with E-state index in [1.807, 2.05) is 18.5 Å². The molecule has 3 rings (SSSR count). The Balaban J connectivity index is 1.83. The molecule has 0 radical (unpaired) electrons. The smallest absolute Gasteiger partial charge is 0.104 e. The number of anilines is 1. The summed E-state index contributed by atoms with van der Waals surface area (Å²) in [4.78, 5) is 3.55. The van der Waals surface area contributed by atoms with Gasteiger partial charge < -0.3 is 4.90 Å². The molecule has 2 aliphatic rings. The van der Waals surface area contributed by atoms with Gasteiger partial charge in [-0.25, -0.2) is 4.40 Å². The fraction of sp³-hybridized carbons (Fsp3) is 0.533. The third-order valence-electron chi connectivity index (χ3n) is 3.99. The van der Waals surface area contributed by atoms with Crippen molar-refractivity contribution in [2.45, 2.75) is 55.9 Å². The van der Waals surface area contributed by atoms with Gasteiger partial charge in [0.05, 0.1) is 10.6 Å². The number of benzene rings is 1. The van der Waals surface area contributed by atoms with Crippen molar-refractivity contribution in [1.82, 2.24) is 0 Å². The first-order valence-electron chi connectivity index (χ1n) is 7.13. The summed E-state index contributed by atoms with van der Waals surface area (Å²) in [7, 11) is 0. The number of nitrogens with zero attached hydrogens (tertiary/aromatic N) is 2. The molecule has 0 aromatic heterocycles. The minimum absolute atomic E-state index is 0.602. The van der Waals surface area contributed by atoms with Crippen LogP contribution in [0.3, 0.4) is 0 Å². The van der Waals surface area contributed by atoms with Crippen LogP contribution in [-0.4, -0.2) is 12.4 Å². The lowest BCUT2D eigenvalue weighted by Crippen LogP contribution is -2.36. The molecule has 102 valence electrons. The predicted octanol–water partition coefficient (Wildman–Crippen LogP) is 5.31. The Morgan fingerprint density at radius 3 is 2.63 bits per heavy atom. The lowest BCUT2D eigenvalue weighted by molar-refractivity contribution is 0.453. The van der Waals surface area contributed by atoms with Gasteiger partial charge in [-0.3, -0.25) is 0 Å². The highest BCUT2D eigenvalue weighted by Crippen LogP contribution is 2.38. The zero-order valence-corrected chi connectivity index (χ0v) is 12.6. The van der Waals surface area contributed by atoms with E-state index in [1.165, 1.54) is 67.5 Å². The van der Waals surface area contributed by atoms with Crippen LogP contribution in [-0.2, 0) is 0 Å². The third kappa shape index (κ3) is 3.09. The van der Waals surface area contributed by atoms with Gasteiger partial charge >= 0.3 is 0 Å². The molecule has 0 saturated heterocycles. The summed E-state index contributed by atoms with van der Waals surface area (Å²) in [5.74, 6) is 0. The summed E-state index contributed by atoms with van der Waals surface area (Å²) in [5.41, 5.74) is 1.27. The van der Waals surface area contributed by atoms with Crippen LogP contribution in [0.1, 0.15) is 44.9 Å². The van der Waals surface area contributed by atoms with E-state index in [4.69, 9.17) is 11.6 Å². The normalized spacial score (nSPS) is 20.8. The first-order valence-corrected chi connectivity index (χ1v) is 8.28. The van der Waals surface area contributed by atoms with Crippen molar-refractivity contribution in [2.24, 2.45) is 4.40 Å². The second kappa shape index (κ2) is 6.19. The van der Waals surface area contributed by atoms with E-state index >= 15 is 0 Å². The zero-order valence-electron chi connectivity index (χ0n) is 11.0. The summed E-state index contributed by atoms with van der Waals surface area (Å²) in [6.45, 7) is 0. The van der Waals surface area contributed by atoms with Gasteiger partial charge in [0.2, 0.25) is 0 Å². The highest BCUT2D eigenvalue weighted by molar-refractivity contribution is 7.98. The standard InChI is InChI=1S/C15H19ClN2S/c16-12-8-9-14-15(10-12)19-17-11-18(14)13-6-4-2-1-3-5-7-13/h8-11,13H,1-7H2. The Labute approximate surface area is 124 Å². The number of rotatable bonds is 1. The van der Waals surface area contributed by atoms with Crippen LogP contribution >= 0.6 is 23.5 Å². The van der Waals surface area contributed by atoms with Gasteiger partial charge in [0, 0.05) is 23.0 Å². The van der Waals surface area contributed by atoms with Crippen molar-refractivity contribution >= 4 is 35.6 Å². The van der Waals surface area contributed by atoms with Crippen molar-refractivity contribution < 1.29 is 0 Å². The molecule has 1 fully saturated rings. The fourth-order valence-electron chi connectivity index (χ4n) is 2.97. The van der Waals surface area contributed by atoms with Gasteiger partial charge in [-0.05, 0) is 31.0 Å². The molecule has 0 bridgehead atoms. The molecule has 19 heavy (non-hydrogen) atoms. The lowest BCUT2D eigenvalue weighted by Gasteiger charge is -2.34. The highest BCUT2D eigenvalue weighted by atomic mass is 35.5. The van der Waals surface area contributed by atoms with Crippen LogP contribution in [0.25, 0.3) is 0 Å². The van der Waals surface area contributed by atoms with Crippen molar-refractivity contribution in [3.05, 3.63) is 23.2 Å². The van der Waals surface area contributed by atoms with E-state index < -0.39 is 0 Å². The first-order chi connectivity index (χ1) is 9.34. The van der Waals surface area contributed by atoms with Crippen LogP contribution in [0.2, 0.25) is 5.02 Å². The minimum Gasteiger partial charge on any atom is -0.328 e. The molecule has 1 aromatic carbocycles. The van der Waals surface area contributed by atoms with Gasteiger partial charge in [0.1, 0.15) is 6.34 Å². The van der Waals surface area contributed by atoms with E-state index in [-0.39, 0.29) is 0 Å². The van der Waals surface area contributed by atoms with Crippen molar-refractivity contribution in [3.63, 3.8) is 0 Å². The topological polar surface area (TPSA) is 15.6 Å². The Hall–Kier alpha value is -0.670. The molecule has 1 heterocycles. The van der Waals surface area contributed by atoms with Crippen molar-refractivity contribution in [3.8, 4) is 0 Å². The Kier molecular flexibility index (Phi) is 4.34. The first kappa shape index (κ1) is 13.3. The fourth-order valence-corrected chi connectivity index (χ4v) is 3.92. The van der Waals surface area contributed by atoms with Crippen LogP contribution < -0.4 is 4.90 Å². The molecular weight excluding hydrogens is 276 g/mol. The zero-order chi connectivity index (χ0) is 13.1. The molecule has 0 unspecified atom stereocenters. The van der Waals surface area contributed by atoms with Crippen molar-refractivity contribution in [1.29, 1.82) is 0 Å². The molecule has 4 heteroatoms. The Morgan fingerprint density at radius 1 is 1.11 bits per heavy atom. The molecule has 1 aliphatic heterocycles. The number of hydrogen-bond acceptors (Lipinski definition) is 3.